The van der Waals surface area contributed by atoms with Crippen LogP contribution in [0.15, 0.2) is 109 Å². The molecule has 0 aromatic heterocycles. The van der Waals surface area contributed by atoms with E-state index in [2.05, 4.69) is 92.4 Å². The van der Waals surface area contributed by atoms with Crippen LogP contribution in [0.5, 0.6) is 0 Å². The van der Waals surface area contributed by atoms with Crippen LogP contribution < -0.4 is 9.80 Å². The number of ether oxygens (including phenoxy) is 2. The Morgan fingerprint density at radius 3 is 1.26 bits per heavy atom. The Bertz CT molecular complexity index is 1490. The maximum atomic E-state index is 15.2. The number of anilines is 2. The first-order chi connectivity index (χ1) is 22.6. The molecule has 2 saturated heterocycles. The minimum absolute atomic E-state index is 0.00179. The third kappa shape index (κ3) is 7.47. The number of carbonyl (C=O) groups excluding carboxylic acids is 1. The van der Waals surface area contributed by atoms with Crippen LogP contribution in [-0.2, 0) is 35.4 Å². The summed E-state index contributed by atoms with van der Waals surface area (Å²) in [6.45, 7) is 4.95. The average molecular weight is 633 g/mol. The maximum Gasteiger partial charge on any atom is 0.321 e. The van der Waals surface area contributed by atoms with E-state index in [0.717, 1.165) is 33.6 Å². The molecule has 0 bridgehead atoms. The van der Waals surface area contributed by atoms with Crippen molar-refractivity contribution in [2.24, 2.45) is 0 Å². The van der Waals surface area contributed by atoms with Crippen molar-refractivity contribution in [3.63, 3.8) is 0 Å². The Kier molecular flexibility index (Phi) is 9.57. The van der Waals surface area contributed by atoms with Crippen LogP contribution in [-0.4, -0.2) is 74.1 Å². The Labute approximate surface area is 280 Å². The molecule has 0 N–H and O–H groups in total. The molecule has 0 spiro atoms. The van der Waals surface area contributed by atoms with Gasteiger partial charge in [-0.15, -0.1) is 0 Å². The third-order valence-corrected chi connectivity index (χ3v) is 9.40. The lowest BCUT2D eigenvalue weighted by Crippen LogP contribution is -2.51. The van der Waals surface area contributed by atoms with Crippen molar-refractivity contribution in [2.75, 3.05) is 38.0 Å². The predicted octanol–water partition coefficient (Wildman–Crippen LogP) is 7.00. The first-order valence-corrected chi connectivity index (χ1v) is 16.6. The lowest BCUT2D eigenvalue weighted by Gasteiger charge is -2.37. The molecule has 0 unspecified atom stereocenters. The molecule has 2 heterocycles. The molecule has 7 heteroatoms. The lowest BCUT2D eigenvalue weighted by atomic mass is 9.90. The predicted molar refractivity (Wildman–Crippen MR) is 190 cm³/mol. The topological polar surface area (TPSA) is 48.5 Å². The molecule has 7 nitrogen and oxygen atoms in total. The first kappa shape index (κ1) is 32.6. The van der Waals surface area contributed by atoms with Crippen LogP contribution in [0, 0.1) is 0 Å². The van der Waals surface area contributed by atoms with E-state index < -0.39 is 5.79 Å². The highest BCUT2D eigenvalue weighted by molar-refractivity contribution is 5.76. The Balaban J connectivity index is 1.46. The molecule has 2 aliphatic rings. The molecular formula is C40H48N4O3. The van der Waals surface area contributed by atoms with Crippen molar-refractivity contribution >= 4 is 17.4 Å². The minimum atomic E-state index is -0.799. The maximum absolute atomic E-state index is 15.2. The smallest absolute Gasteiger partial charge is 0.321 e. The molecule has 6 rings (SSSR count). The molecule has 47 heavy (non-hydrogen) atoms. The van der Waals surface area contributed by atoms with Crippen LogP contribution in [0.1, 0.15) is 36.1 Å². The summed E-state index contributed by atoms with van der Waals surface area (Å²) >= 11 is 0. The highest BCUT2D eigenvalue weighted by Crippen LogP contribution is 2.40. The zero-order valence-corrected chi connectivity index (χ0v) is 28.5. The van der Waals surface area contributed by atoms with Gasteiger partial charge in [0.2, 0.25) is 0 Å². The van der Waals surface area contributed by atoms with Gasteiger partial charge in [0.1, 0.15) is 12.2 Å². The average Bonchev–Trinajstić information content (AvgIpc) is 3.37. The normalized spacial score (nSPS) is 22.1. The molecule has 4 aromatic carbocycles. The van der Waals surface area contributed by atoms with Gasteiger partial charge in [0.15, 0.2) is 5.79 Å². The standard InChI is InChI=1S/C40H48N4O3/c1-40(2)46-37-35(25-29-17-21-33(22-18-29)41(3)4)43(27-31-13-9-7-10-14-31)39(45)44(28-32-15-11-8-12-16-32)36(38(37)47-40)26-30-19-23-34(24-20-30)42(5)6/h7-24,35-38H,25-28H2,1-6H3/t35-,36-,37+,38+/m1/s1. The fourth-order valence-electron chi connectivity index (χ4n) is 6.94. The van der Waals surface area contributed by atoms with Crippen LogP contribution in [0.25, 0.3) is 0 Å². The summed E-state index contributed by atoms with van der Waals surface area (Å²) in [5.74, 6) is -0.799. The minimum Gasteiger partial charge on any atom is -0.378 e. The van der Waals surface area contributed by atoms with Gasteiger partial charge in [0.05, 0.1) is 12.1 Å². The third-order valence-electron chi connectivity index (χ3n) is 9.40. The van der Waals surface area contributed by atoms with Gasteiger partial charge >= 0.3 is 6.03 Å². The van der Waals surface area contributed by atoms with E-state index in [9.17, 15) is 0 Å². The number of urea groups is 1. The molecule has 4 atom stereocenters. The summed E-state index contributed by atoms with van der Waals surface area (Å²) in [5, 5.41) is 0. The van der Waals surface area contributed by atoms with Crippen molar-refractivity contribution in [1.82, 2.24) is 9.80 Å². The Morgan fingerprint density at radius 2 is 0.915 bits per heavy atom. The fraction of sp³-hybridized carbons (Fsp3) is 0.375. The summed E-state index contributed by atoms with van der Waals surface area (Å²) in [6, 6.07) is 37.3. The molecule has 2 aliphatic heterocycles. The van der Waals surface area contributed by atoms with Gasteiger partial charge in [-0.1, -0.05) is 84.9 Å². The van der Waals surface area contributed by atoms with Crippen LogP contribution in [0.3, 0.4) is 0 Å². The van der Waals surface area contributed by atoms with Gasteiger partial charge in [0, 0.05) is 52.7 Å². The second kappa shape index (κ2) is 13.8. The molecule has 4 aromatic rings. The molecule has 246 valence electrons. The van der Waals surface area contributed by atoms with Crippen molar-refractivity contribution in [3.8, 4) is 0 Å². The highest BCUT2D eigenvalue weighted by Gasteiger charge is 2.55. The van der Waals surface area contributed by atoms with E-state index in [4.69, 9.17) is 9.47 Å². The van der Waals surface area contributed by atoms with Crippen LogP contribution >= 0.6 is 0 Å². The van der Waals surface area contributed by atoms with Gasteiger partial charge in [-0.2, -0.15) is 0 Å². The largest absolute Gasteiger partial charge is 0.378 e. The first-order valence-electron chi connectivity index (χ1n) is 16.6. The number of amides is 2. The van der Waals surface area contributed by atoms with Crippen molar-refractivity contribution < 1.29 is 14.3 Å². The summed E-state index contributed by atoms with van der Waals surface area (Å²) in [5.41, 5.74) is 6.76. The van der Waals surface area contributed by atoms with E-state index >= 15 is 4.79 Å². The van der Waals surface area contributed by atoms with Gasteiger partial charge in [0.25, 0.3) is 0 Å². The lowest BCUT2D eigenvalue weighted by molar-refractivity contribution is -0.157. The quantitative estimate of drug-likeness (QED) is 0.189. The Morgan fingerprint density at radius 1 is 0.553 bits per heavy atom. The molecule has 0 saturated carbocycles. The second-order valence-corrected chi connectivity index (χ2v) is 13.7. The number of carbonyl (C=O) groups is 1. The Hall–Kier alpha value is -4.33. The van der Waals surface area contributed by atoms with Crippen molar-refractivity contribution in [3.05, 3.63) is 131 Å². The zero-order valence-electron chi connectivity index (χ0n) is 28.5. The van der Waals surface area contributed by atoms with Gasteiger partial charge in [-0.3, -0.25) is 0 Å². The summed E-state index contributed by atoms with van der Waals surface area (Å²) in [6.07, 6.45) is 0.628. The second-order valence-electron chi connectivity index (χ2n) is 13.7. The van der Waals surface area contributed by atoms with E-state index in [1.165, 1.54) is 0 Å². The number of hydrogen-bond donors (Lipinski definition) is 0. The fourth-order valence-corrected chi connectivity index (χ4v) is 6.94. The molecule has 2 fully saturated rings. The van der Waals surface area contributed by atoms with Gasteiger partial charge < -0.3 is 29.1 Å². The molecular weight excluding hydrogens is 584 g/mol. The van der Waals surface area contributed by atoms with Crippen LogP contribution in [0.4, 0.5) is 16.2 Å². The SMILES string of the molecule is CN(C)c1ccc(C[C@@H]2[C@@H]3OC(C)(C)O[C@H]3[C@@H](Cc3ccc(N(C)C)cc3)N(Cc3ccccc3)C(=O)N2Cc2ccccc2)cc1. The molecule has 2 amide bonds. The van der Waals surface area contributed by atoms with Crippen LogP contribution in [0.2, 0.25) is 0 Å². The molecule has 0 aliphatic carbocycles. The number of benzene rings is 4. The van der Waals surface area contributed by atoms with E-state index in [-0.39, 0.29) is 30.3 Å². The summed E-state index contributed by atoms with van der Waals surface area (Å²) in [7, 11) is 8.19. The number of nitrogens with zero attached hydrogens (tertiary/aromatic N) is 4. The zero-order chi connectivity index (χ0) is 33.1. The van der Waals surface area contributed by atoms with E-state index in [1.54, 1.807) is 0 Å². The van der Waals surface area contributed by atoms with Gasteiger partial charge in [-0.05, 0) is 73.2 Å². The highest BCUT2D eigenvalue weighted by atomic mass is 16.8. The van der Waals surface area contributed by atoms with E-state index in [1.807, 2.05) is 78.4 Å². The van der Waals surface area contributed by atoms with Crippen molar-refractivity contribution in [1.29, 1.82) is 0 Å². The summed E-state index contributed by atoms with van der Waals surface area (Å²) < 4.78 is 13.7. The number of rotatable bonds is 10. The van der Waals surface area contributed by atoms with Crippen molar-refractivity contribution in [2.45, 2.75) is 69.9 Å². The number of fused-ring (bicyclic) bond motifs is 1. The summed E-state index contributed by atoms with van der Waals surface area (Å²) in [4.78, 5) is 23.5. The molecule has 0 radical (unpaired) electrons. The monoisotopic (exact) mass is 632 g/mol. The van der Waals surface area contributed by atoms with Gasteiger partial charge in [-0.25, -0.2) is 4.79 Å². The van der Waals surface area contributed by atoms with E-state index in [0.29, 0.717) is 25.9 Å². The number of hydrogen-bond acceptors (Lipinski definition) is 5.